The summed E-state index contributed by atoms with van der Waals surface area (Å²) < 4.78 is 17.4. The van der Waals surface area contributed by atoms with Crippen LogP contribution in [0.15, 0.2) is 122 Å². The van der Waals surface area contributed by atoms with Crippen LogP contribution in [0.4, 0.5) is 0 Å². The van der Waals surface area contributed by atoms with Gasteiger partial charge in [-0.05, 0) is 103 Å². The summed E-state index contributed by atoms with van der Waals surface area (Å²) in [5.41, 5.74) is 0. The number of hydrogen-bond acceptors (Lipinski definition) is 5. The van der Waals surface area contributed by atoms with Crippen LogP contribution in [0.2, 0.25) is 0 Å². The SMILES string of the molecule is CC/C=C\C/C=C\C/C=C\C/C=C\C/C=C\CCCCCC(=O)O[C@H](COCCCCCCCCCCCCCCCCCC)COC(=O)CCC/C=C\C/C=C\C/C=C\C/C=C\C/C=C\CC. The number of allylic oxidation sites excluding steroid dienone is 20. The van der Waals surface area contributed by atoms with Crippen molar-refractivity contribution in [2.24, 2.45) is 0 Å². The van der Waals surface area contributed by atoms with E-state index in [1.54, 1.807) is 0 Å². The number of carbonyl (C=O) groups excluding carboxylic acids is 2. The van der Waals surface area contributed by atoms with Crippen molar-refractivity contribution in [2.75, 3.05) is 19.8 Å². The molecule has 0 unspecified atom stereocenters. The second kappa shape index (κ2) is 57.6. The number of hydrogen-bond donors (Lipinski definition) is 0. The van der Waals surface area contributed by atoms with Gasteiger partial charge in [-0.25, -0.2) is 0 Å². The number of rotatable bonds is 50. The van der Waals surface area contributed by atoms with Crippen molar-refractivity contribution in [3.63, 3.8) is 0 Å². The number of esters is 2. The highest BCUT2D eigenvalue weighted by atomic mass is 16.6. The third kappa shape index (κ3) is 54.9. The molecular formula is C63H104O5. The van der Waals surface area contributed by atoms with Gasteiger partial charge in [0.2, 0.25) is 0 Å². The molecule has 0 aromatic rings. The lowest BCUT2D eigenvalue weighted by Crippen LogP contribution is -2.30. The van der Waals surface area contributed by atoms with Crippen LogP contribution >= 0.6 is 0 Å². The van der Waals surface area contributed by atoms with E-state index < -0.39 is 6.10 Å². The van der Waals surface area contributed by atoms with Gasteiger partial charge in [0.25, 0.3) is 0 Å². The lowest BCUT2D eigenvalue weighted by molar-refractivity contribution is -0.163. The predicted molar refractivity (Wildman–Crippen MR) is 297 cm³/mol. The fourth-order valence-electron chi connectivity index (χ4n) is 7.40. The monoisotopic (exact) mass is 941 g/mol. The van der Waals surface area contributed by atoms with E-state index in [4.69, 9.17) is 14.2 Å². The largest absolute Gasteiger partial charge is 0.462 e. The molecule has 0 amide bonds. The third-order valence-corrected chi connectivity index (χ3v) is 11.5. The van der Waals surface area contributed by atoms with E-state index in [0.29, 0.717) is 19.4 Å². The van der Waals surface area contributed by atoms with Crippen molar-refractivity contribution in [2.45, 2.75) is 245 Å². The summed E-state index contributed by atoms with van der Waals surface area (Å²) in [6, 6.07) is 0. The molecular weight excluding hydrogens is 837 g/mol. The summed E-state index contributed by atoms with van der Waals surface area (Å²) in [7, 11) is 0. The molecule has 0 saturated carbocycles. The van der Waals surface area contributed by atoms with Gasteiger partial charge in [0.05, 0.1) is 6.61 Å². The molecule has 0 aromatic heterocycles. The van der Waals surface area contributed by atoms with Crippen LogP contribution in [0.5, 0.6) is 0 Å². The van der Waals surface area contributed by atoms with Gasteiger partial charge in [0.1, 0.15) is 6.61 Å². The van der Waals surface area contributed by atoms with E-state index in [2.05, 4.69) is 142 Å². The first kappa shape index (κ1) is 64.3. The van der Waals surface area contributed by atoms with E-state index >= 15 is 0 Å². The molecule has 0 bridgehead atoms. The minimum atomic E-state index is -0.584. The molecule has 0 N–H and O–H groups in total. The average Bonchev–Trinajstić information content (AvgIpc) is 3.34. The van der Waals surface area contributed by atoms with Gasteiger partial charge in [-0.3, -0.25) is 9.59 Å². The van der Waals surface area contributed by atoms with Gasteiger partial charge in [0.15, 0.2) is 6.10 Å². The Balaban J connectivity index is 4.44. The van der Waals surface area contributed by atoms with Crippen molar-refractivity contribution in [1.82, 2.24) is 0 Å². The van der Waals surface area contributed by atoms with Crippen LogP contribution in [0, 0.1) is 0 Å². The van der Waals surface area contributed by atoms with Gasteiger partial charge in [-0.15, -0.1) is 0 Å². The molecule has 0 fully saturated rings. The number of ether oxygens (including phenoxy) is 3. The van der Waals surface area contributed by atoms with E-state index in [1.807, 2.05) is 0 Å². The topological polar surface area (TPSA) is 61.8 Å². The summed E-state index contributed by atoms with van der Waals surface area (Å²) in [6.07, 6.45) is 80.8. The molecule has 1 atom stereocenters. The molecule has 0 aliphatic heterocycles. The van der Waals surface area contributed by atoms with Gasteiger partial charge in [-0.2, -0.15) is 0 Å². The minimum Gasteiger partial charge on any atom is -0.462 e. The quantitative estimate of drug-likeness (QED) is 0.0345. The molecule has 0 aliphatic carbocycles. The molecule has 0 saturated heterocycles. The van der Waals surface area contributed by atoms with Gasteiger partial charge in [0, 0.05) is 19.4 Å². The highest BCUT2D eigenvalue weighted by Crippen LogP contribution is 2.14. The van der Waals surface area contributed by atoms with E-state index in [1.165, 1.54) is 89.9 Å². The van der Waals surface area contributed by atoms with Gasteiger partial charge >= 0.3 is 11.9 Å². The number of carbonyl (C=O) groups is 2. The Bertz CT molecular complexity index is 1390. The lowest BCUT2D eigenvalue weighted by Gasteiger charge is -2.18. The first-order valence-electron chi connectivity index (χ1n) is 28.1. The molecule has 0 spiro atoms. The Hall–Kier alpha value is -3.70. The zero-order valence-electron chi connectivity index (χ0n) is 44.3. The molecule has 0 heterocycles. The smallest absolute Gasteiger partial charge is 0.306 e. The fraction of sp³-hybridized carbons (Fsp3) is 0.651. The van der Waals surface area contributed by atoms with Crippen LogP contribution in [0.3, 0.4) is 0 Å². The molecule has 0 radical (unpaired) electrons. The number of unbranched alkanes of at least 4 members (excludes halogenated alkanes) is 19. The van der Waals surface area contributed by atoms with Crippen LogP contribution in [-0.4, -0.2) is 37.9 Å². The summed E-state index contributed by atoms with van der Waals surface area (Å²) in [6.45, 7) is 7.51. The summed E-state index contributed by atoms with van der Waals surface area (Å²) in [5, 5.41) is 0. The second-order valence-electron chi connectivity index (χ2n) is 18.1. The second-order valence-corrected chi connectivity index (χ2v) is 18.1. The van der Waals surface area contributed by atoms with Crippen LogP contribution in [0.25, 0.3) is 0 Å². The summed E-state index contributed by atoms with van der Waals surface area (Å²) in [4.78, 5) is 25.5. The van der Waals surface area contributed by atoms with Crippen molar-refractivity contribution < 1.29 is 23.8 Å². The average molecular weight is 942 g/mol. The first-order valence-corrected chi connectivity index (χ1v) is 28.1. The third-order valence-electron chi connectivity index (χ3n) is 11.5. The Kier molecular flexibility index (Phi) is 54.5. The lowest BCUT2D eigenvalue weighted by atomic mass is 10.0. The predicted octanol–water partition coefficient (Wildman–Crippen LogP) is 19.3. The summed E-state index contributed by atoms with van der Waals surface area (Å²) in [5.74, 6) is -0.503. The molecule has 5 heteroatoms. The first-order chi connectivity index (χ1) is 33.6. The maximum atomic E-state index is 12.8. The molecule has 0 aromatic carbocycles. The van der Waals surface area contributed by atoms with E-state index in [9.17, 15) is 9.59 Å². The Morgan fingerprint density at radius 2 is 0.676 bits per heavy atom. The van der Waals surface area contributed by atoms with Gasteiger partial charge in [-0.1, -0.05) is 245 Å². The minimum absolute atomic E-state index is 0.0370. The standard InChI is InChI=1S/C63H104O5/c1-4-7-10-13-16-19-22-25-28-31-32-34-36-39-42-45-48-51-54-57-63(65)68-61(59-66-58-55-52-49-46-43-40-37-30-27-24-21-18-15-12-9-6-3)60-67-62(64)56-53-50-47-44-41-38-35-33-29-26-23-20-17-14-11-8-5-2/h7-8,10-11,16-17,19-20,25-26,28-29,32,34-35,38-39,42,44,47,61H,4-6,9,12-15,18,21-24,27,30-31,33,36-37,40-41,43,45-46,48-60H2,1-3H3/b10-7-,11-8-,19-16-,20-17-,28-25-,29-26-,34-32-,38-35-,42-39-,47-44-/t61-/m1/s1. The zero-order chi connectivity index (χ0) is 49.2. The zero-order valence-corrected chi connectivity index (χ0v) is 44.3. The molecule has 68 heavy (non-hydrogen) atoms. The normalized spacial score (nSPS) is 13.2. The highest BCUT2D eigenvalue weighted by Gasteiger charge is 2.17. The maximum Gasteiger partial charge on any atom is 0.306 e. The van der Waals surface area contributed by atoms with Crippen molar-refractivity contribution >= 4 is 11.9 Å². The van der Waals surface area contributed by atoms with Crippen molar-refractivity contribution in [3.05, 3.63) is 122 Å². The van der Waals surface area contributed by atoms with E-state index in [-0.39, 0.29) is 25.2 Å². The Morgan fingerprint density at radius 3 is 1.09 bits per heavy atom. The van der Waals surface area contributed by atoms with Crippen molar-refractivity contribution in [1.29, 1.82) is 0 Å². The van der Waals surface area contributed by atoms with Crippen LogP contribution < -0.4 is 0 Å². The summed E-state index contributed by atoms with van der Waals surface area (Å²) >= 11 is 0. The Labute approximate surface area is 420 Å². The highest BCUT2D eigenvalue weighted by molar-refractivity contribution is 5.70. The Morgan fingerprint density at radius 1 is 0.338 bits per heavy atom. The maximum absolute atomic E-state index is 12.8. The van der Waals surface area contributed by atoms with Crippen molar-refractivity contribution in [3.8, 4) is 0 Å². The molecule has 386 valence electrons. The van der Waals surface area contributed by atoms with Crippen LogP contribution in [0.1, 0.15) is 239 Å². The molecule has 0 aliphatic rings. The molecule has 5 nitrogen and oxygen atoms in total. The van der Waals surface area contributed by atoms with Gasteiger partial charge < -0.3 is 14.2 Å². The van der Waals surface area contributed by atoms with E-state index in [0.717, 1.165) is 116 Å². The fourth-order valence-corrected chi connectivity index (χ4v) is 7.40. The van der Waals surface area contributed by atoms with Crippen LogP contribution in [-0.2, 0) is 23.8 Å². The molecule has 0 rings (SSSR count).